The summed E-state index contributed by atoms with van der Waals surface area (Å²) in [6.07, 6.45) is 1.46. The minimum atomic E-state index is -0.364. The molecule has 0 fully saturated rings. The number of ether oxygens (including phenoxy) is 1. The van der Waals surface area contributed by atoms with E-state index in [-0.39, 0.29) is 11.7 Å². The Bertz CT molecular complexity index is 1230. The van der Waals surface area contributed by atoms with E-state index in [9.17, 15) is 9.18 Å². The number of hydrogen-bond donors (Lipinski definition) is 1. The first-order valence-corrected chi connectivity index (χ1v) is 9.03. The number of nitrogens with zero attached hydrogens (tertiary/aromatic N) is 3. The number of rotatable bonds is 4. The van der Waals surface area contributed by atoms with Crippen LogP contribution in [-0.4, -0.2) is 27.7 Å². The fourth-order valence-electron chi connectivity index (χ4n) is 3.23. The summed E-state index contributed by atoms with van der Waals surface area (Å²) in [5.74, 6) is 0.424. The molecule has 4 aromatic rings. The van der Waals surface area contributed by atoms with Gasteiger partial charge in [0.25, 0.3) is 5.91 Å². The molecule has 0 saturated carbocycles. The molecule has 0 bridgehead atoms. The van der Waals surface area contributed by atoms with Crippen molar-refractivity contribution in [1.82, 2.24) is 14.6 Å². The third kappa shape index (κ3) is 3.54. The largest absolute Gasteiger partial charge is 0.497 e. The van der Waals surface area contributed by atoms with E-state index in [4.69, 9.17) is 4.74 Å². The number of nitrogens with one attached hydrogen (secondary N) is 1. The molecule has 0 radical (unpaired) electrons. The maximum atomic E-state index is 13.5. The van der Waals surface area contributed by atoms with Gasteiger partial charge in [0.2, 0.25) is 0 Å². The van der Waals surface area contributed by atoms with Crippen LogP contribution in [0.5, 0.6) is 5.75 Å². The summed E-state index contributed by atoms with van der Waals surface area (Å²) in [5, 5.41) is 0.955. The Morgan fingerprint density at radius 3 is 2.69 bits per heavy atom. The summed E-state index contributed by atoms with van der Waals surface area (Å²) in [6.45, 7) is 3.63. The Morgan fingerprint density at radius 2 is 1.97 bits per heavy atom. The van der Waals surface area contributed by atoms with Gasteiger partial charge in [-0.3, -0.25) is 14.9 Å². The highest BCUT2D eigenvalue weighted by molar-refractivity contribution is 6.01. The number of halogens is 1. The van der Waals surface area contributed by atoms with Crippen molar-refractivity contribution in [3.05, 3.63) is 77.5 Å². The molecule has 29 heavy (non-hydrogen) atoms. The van der Waals surface area contributed by atoms with Gasteiger partial charge in [-0.1, -0.05) is 12.1 Å². The van der Waals surface area contributed by atoms with Crippen LogP contribution in [0.3, 0.4) is 0 Å². The lowest BCUT2D eigenvalue weighted by Crippen LogP contribution is -2.25. The van der Waals surface area contributed by atoms with E-state index < -0.39 is 0 Å². The number of hydrogen-bond acceptors (Lipinski definition) is 4. The lowest BCUT2D eigenvalue weighted by Gasteiger charge is -2.12. The van der Waals surface area contributed by atoms with E-state index in [1.54, 1.807) is 30.8 Å². The molecule has 1 N–H and O–H groups in total. The summed E-state index contributed by atoms with van der Waals surface area (Å²) in [6, 6.07) is 13.6. The molecule has 146 valence electrons. The summed E-state index contributed by atoms with van der Waals surface area (Å²) in [5.41, 5.74) is 6.03. The number of aromatic nitrogens is 3. The van der Waals surface area contributed by atoms with Crippen LogP contribution in [0.1, 0.15) is 21.7 Å². The SMILES string of the molecule is COc1ccc2c(c1)cc(C)n2NC(=O)c1cnc(-c2cccc(F)c2)nc1C. The van der Waals surface area contributed by atoms with Crippen LogP contribution in [0.2, 0.25) is 0 Å². The first-order valence-electron chi connectivity index (χ1n) is 9.03. The second kappa shape index (κ2) is 7.35. The highest BCUT2D eigenvalue weighted by Gasteiger charge is 2.15. The van der Waals surface area contributed by atoms with Crippen LogP contribution < -0.4 is 10.2 Å². The highest BCUT2D eigenvalue weighted by atomic mass is 19.1. The number of carbonyl (C=O) groups excluding carboxylic acids is 1. The molecule has 0 aliphatic carbocycles. The number of amides is 1. The van der Waals surface area contributed by atoms with Gasteiger partial charge in [-0.2, -0.15) is 0 Å². The standard InChI is InChI=1S/C22H19FN4O2/c1-13-9-16-11-18(29-3)7-8-20(16)27(13)26-22(28)19-12-24-21(25-14(19)2)15-5-4-6-17(23)10-15/h4-12H,1-3H3,(H,26,28). The van der Waals surface area contributed by atoms with E-state index in [1.165, 1.54) is 18.3 Å². The molecular formula is C22H19FN4O2. The van der Waals surface area contributed by atoms with Crippen molar-refractivity contribution < 1.29 is 13.9 Å². The van der Waals surface area contributed by atoms with E-state index in [2.05, 4.69) is 15.4 Å². The van der Waals surface area contributed by atoms with Crippen molar-refractivity contribution in [3.63, 3.8) is 0 Å². The Labute approximate surface area is 167 Å². The van der Waals surface area contributed by atoms with E-state index in [0.29, 0.717) is 22.6 Å². The predicted molar refractivity (Wildman–Crippen MR) is 109 cm³/mol. The van der Waals surface area contributed by atoms with Crippen LogP contribution in [0, 0.1) is 19.7 Å². The molecule has 0 unspecified atom stereocenters. The maximum Gasteiger partial charge on any atom is 0.273 e. The second-order valence-corrected chi connectivity index (χ2v) is 6.69. The lowest BCUT2D eigenvalue weighted by atomic mass is 10.2. The Morgan fingerprint density at radius 1 is 1.14 bits per heavy atom. The quantitative estimate of drug-likeness (QED) is 0.566. The fraction of sp³-hybridized carbons (Fsp3) is 0.136. The molecule has 6 nitrogen and oxygen atoms in total. The van der Waals surface area contributed by atoms with E-state index >= 15 is 0 Å². The summed E-state index contributed by atoms with van der Waals surface area (Å²) in [7, 11) is 1.61. The highest BCUT2D eigenvalue weighted by Crippen LogP contribution is 2.24. The molecule has 0 aliphatic heterocycles. The molecule has 4 rings (SSSR count). The molecule has 2 aromatic heterocycles. The van der Waals surface area contributed by atoms with Crippen molar-refractivity contribution in [3.8, 4) is 17.1 Å². The smallest absolute Gasteiger partial charge is 0.273 e. The Hall–Kier alpha value is -3.74. The van der Waals surface area contributed by atoms with Gasteiger partial charge in [0, 0.05) is 22.8 Å². The summed E-state index contributed by atoms with van der Waals surface area (Å²) < 4.78 is 20.4. The number of carbonyl (C=O) groups is 1. The third-order valence-corrected chi connectivity index (χ3v) is 4.71. The molecule has 2 aromatic carbocycles. The monoisotopic (exact) mass is 390 g/mol. The number of methoxy groups -OCH3 is 1. The van der Waals surface area contributed by atoms with E-state index in [1.807, 2.05) is 31.2 Å². The van der Waals surface area contributed by atoms with E-state index in [0.717, 1.165) is 22.3 Å². The summed E-state index contributed by atoms with van der Waals surface area (Å²) in [4.78, 5) is 21.5. The van der Waals surface area contributed by atoms with Gasteiger partial charge in [-0.25, -0.2) is 14.4 Å². The van der Waals surface area contributed by atoms with Crippen LogP contribution in [0.25, 0.3) is 22.3 Å². The molecule has 2 heterocycles. The first-order chi connectivity index (χ1) is 14.0. The van der Waals surface area contributed by atoms with Crippen molar-refractivity contribution in [2.24, 2.45) is 0 Å². The Kier molecular flexibility index (Phi) is 4.72. The van der Waals surface area contributed by atoms with Crippen molar-refractivity contribution in [2.75, 3.05) is 12.5 Å². The molecule has 0 saturated heterocycles. The van der Waals surface area contributed by atoms with Gasteiger partial charge in [-0.05, 0) is 50.2 Å². The lowest BCUT2D eigenvalue weighted by molar-refractivity contribution is 0.101. The number of benzene rings is 2. The normalized spacial score (nSPS) is 10.9. The zero-order chi connectivity index (χ0) is 20.5. The summed E-state index contributed by atoms with van der Waals surface area (Å²) >= 11 is 0. The van der Waals surface area contributed by atoms with Crippen molar-refractivity contribution in [1.29, 1.82) is 0 Å². The van der Waals surface area contributed by atoms with Crippen LogP contribution in [-0.2, 0) is 0 Å². The molecule has 0 aliphatic rings. The van der Waals surface area contributed by atoms with Gasteiger partial charge in [0.05, 0.1) is 23.9 Å². The third-order valence-electron chi connectivity index (χ3n) is 4.71. The average molecular weight is 390 g/mol. The molecule has 0 atom stereocenters. The van der Waals surface area contributed by atoms with Gasteiger partial charge >= 0.3 is 0 Å². The van der Waals surface area contributed by atoms with Crippen LogP contribution in [0.4, 0.5) is 4.39 Å². The zero-order valence-electron chi connectivity index (χ0n) is 16.2. The second-order valence-electron chi connectivity index (χ2n) is 6.69. The maximum absolute atomic E-state index is 13.5. The van der Waals surface area contributed by atoms with Gasteiger partial charge in [-0.15, -0.1) is 0 Å². The minimum absolute atomic E-state index is 0.329. The van der Waals surface area contributed by atoms with Gasteiger partial charge in [0.1, 0.15) is 11.6 Å². The first kappa shape index (κ1) is 18.6. The predicted octanol–water partition coefficient (Wildman–Crippen LogP) is 4.25. The van der Waals surface area contributed by atoms with Crippen LogP contribution >= 0.6 is 0 Å². The fourth-order valence-corrected chi connectivity index (χ4v) is 3.23. The molecule has 7 heteroatoms. The number of fused-ring (bicyclic) bond motifs is 1. The molecule has 1 amide bonds. The van der Waals surface area contributed by atoms with Gasteiger partial charge in [0.15, 0.2) is 5.82 Å². The molecule has 0 spiro atoms. The van der Waals surface area contributed by atoms with Crippen molar-refractivity contribution >= 4 is 16.8 Å². The minimum Gasteiger partial charge on any atom is -0.497 e. The Balaban J connectivity index is 1.64. The van der Waals surface area contributed by atoms with Crippen LogP contribution in [0.15, 0.2) is 54.7 Å². The average Bonchev–Trinajstić information content (AvgIpc) is 3.02. The number of aryl methyl sites for hydroxylation is 2. The zero-order valence-corrected chi connectivity index (χ0v) is 16.2. The topological polar surface area (TPSA) is 69.0 Å². The van der Waals surface area contributed by atoms with Crippen molar-refractivity contribution in [2.45, 2.75) is 13.8 Å². The molecular weight excluding hydrogens is 371 g/mol. The van der Waals surface area contributed by atoms with Gasteiger partial charge < -0.3 is 4.74 Å².